The van der Waals surface area contributed by atoms with Crippen LogP contribution in [-0.4, -0.2) is 75.3 Å². The number of aromatic nitrogens is 6. The van der Waals surface area contributed by atoms with Gasteiger partial charge in [0.25, 0.3) is 0 Å². The molecule has 0 bridgehead atoms. The fraction of sp³-hybridized carbons (Fsp3) is 0.517. The molecule has 0 radical (unpaired) electrons. The van der Waals surface area contributed by atoms with Crippen molar-refractivity contribution in [2.45, 2.75) is 65.4 Å². The van der Waals surface area contributed by atoms with Crippen LogP contribution in [0.5, 0.6) is 0 Å². The monoisotopic (exact) mass is 577 g/mol. The van der Waals surface area contributed by atoms with Crippen LogP contribution in [0.15, 0.2) is 24.4 Å². The van der Waals surface area contributed by atoms with Crippen LogP contribution in [-0.2, 0) is 11.0 Å². The van der Waals surface area contributed by atoms with Crippen molar-refractivity contribution in [1.82, 2.24) is 34.3 Å². The normalized spacial score (nSPS) is 15.9. The molecule has 12 heteroatoms. The van der Waals surface area contributed by atoms with Gasteiger partial charge < -0.3 is 15.1 Å². The van der Waals surface area contributed by atoms with Crippen LogP contribution in [0.25, 0.3) is 16.7 Å². The molecule has 0 aliphatic carbocycles. The Kier molecular flexibility index (Phi) is 7.80. The van der Waals surface area contributed by atoms with Crippen LogP contribution in [0.1, 0.15) is 52.1 Å². The summed E-state index contributed by atoms with van der Waals surface area (Å²) in [5, 5.41) is 9.77. The van der Waals surface area contributed by atoms with Gasteiger partial charge in [-0.25, -0.2) is 9.07 Å². The second-order valence-electron chi connectivity index (χ2n) is 12.2. The molecule has 10 nitrogen and oxygen atoms in total. The third kappa shape index (κ3) is 5.79. The van der Waals surface area contributed by atoms with E-state index in [-0.39, 0.29) is 22.9 Å². The molecule has 0 amide bonds. The number of piperazine rings is 1. The average molecular weight is 578 g/mol. The predicted octanol–water partition coefficient (Wildman–Crippen LogP) is 4.47. The number of halogens is 1. The van der Waals surface area contributed by atoms with Gasteiger partial charge in [0.1, 0.15) is 5.82 Å². The average Bonchev–Trinajstić information content (AvgIpc) is 3.52. The number of fused-ring (bicyclic) bond motifs is 3. The minimum Gasteiger partial charge on any atom is -0.410 e. The van der Waals surface area contributed by atoms with Gasteiger partial charge in [-0.2, -0.15) is 19.6 Å². The highest BCUT2D eigenvalue weighted by Gasteiger charge is 2.38. The Balaban J connectivity index is 1.23. The Morgan fingerprint density at radius 3 is 2.51 bits per heavy atom. The van der Waals surface area contributed by atoms with Gasteiger partial charge in [-0.1, -0.05) is 32.8 Å². The smallest absolute Gasteiger partial charge is 0.226 e. The van der Waals surface area contributed by atoms with Crippen LogP contribution in [0.4, 0.5) is 16.0 Å². The number of benzene rings is 1. The number of anilines is 2. The van der Waals surface area contributed by atoms with Crippen molar-refractivity contribution >= 4 is 36.6 Å². The van der Waals surface area contributed by atoms with Crippen LogP contribution >= 0.6 is 0 Å². The topological polar surface area (TPSA) is 103 Å². The second-order valence-corrected chi connectivity index (χ2v) is 16.9. The van der Waals surface area contributed by atoms with Gasteiger partial charge in [-0.05, 0) is 55.6 Å². The van der Waals surface area contributed by atoms with Crippen LogP contribution < -0.4 is 10.6 Å². The first-order valence-corrected chi connectivity index (χ1v) is 17.0. The molecule has 218 valence electrons. The van der Waals surface area contributed by atoms with Crippen LogP contribution in [0.3, 0.4) is 0 Å². The molecule has 1 fully saturated rings. The van der Waals surface area contributed by atoms with Gasteiger partial charge in [0.15, 0.2) is 19.6 Å². The molecule has 4 aromatic rings. The zero-order chi connectivity index (χ0) is 29.5. The lowest BCUT2D eigenvalue weighted by Gasteiger charge is -2.39. The quantitative estimate of drug-likeness (QED) is 0.254. The lowest BCUT2D eigenvalue weighted by atomic mass is 10.1. The molecule has 41 heavy (non-hydrogen) atoms. The van der Waals surface area contributed by atoms with Gasteiger partial charge in [-0.3, -0.25) is 4.90 Å². The Morgan fingerprint density at radius 1 is 1.10 bits per heavy atom. The van der Waals surface area contributed by atoms with Crippen LogP contribution in [0, 0.1) is 17.7 Å². The van der Waals surface area contributed by atoms with E-state index < -0.39 is 8.32 Å². The highest BCUT2D eigenvalue weighted by Crippen LogP contribution is 2.40. The van der Waals surface area contributed by atoms with Crippen molar-refractivity contribution in [1.29, 1.82) is 0 Å². The van der Waals surface area contributed by atoms with E-state index in [2.05, 4.69) is 82.6 Å². The second kappa shape index (κ2) is 11.0. The molecule has 4 heterocycles. The van der Waals surface area contributed by atoms with E-state index >= 15 is 0 Å². The van der Waals surface area contributed by atoms with Crippen molar-refractivity contribution in [3.05, 3.63) is 41.6 Å². The fourth-order valence-electron chi connectivity index (χ4n) is 4.95. The van der Waals surface area contributed by atoms with E-state index in [4.69, 9.17) is 10.2 Å². The van der Waals surface area contributed by atoms with E-state index in [0.29, 0.717) is 29.4 Å². The molecule has 0 saturated carbocycles. The SMILES string of the molecule is CC#Cc1nc2c3cnn(CCN4CCN(c5cc([C@H](C)O[Si](C)(C)C(C)(C)C)ccc5F)CC4)c3nc(N)n2n1. The van der Waals surface area contributed by atoms with Gasteiger partial charge >= 0.3 is 0 Å². The van der Waals surface area contributed by atoms with Crippen molar-refractivity contribution in [2.24, 2.45) is 0 Å². The number of hydrogen-bond acceptors (Lipinski definition) is 8. The molecule has 1 aliphatic rings. The predicted molar refractivity (Wildman–Crippen MR) is 163 cm³/mol. The minimum atomic E-state index is -1.94. The summed E-state index contributed by atoms with van der Waals surface area (Å²) in [6.07, 6.45) is 1.66. The first kappa shape index (κ1) is 29.0. The van der Waals surface area contributed by atoms with E-state index in [1.54, 1.807) is 19.2 Å². The zero-order valence-electron chi connectivity index (χ0n) is 25.1. The zero-order valence-corrected chi connectivity index (χ0v) is 26.1. The minimum absolute atomic E-state index is 0.0896. The Labute approximate surface area is 241 Å². The first-order chi connectivity index (χ1) is 19.4. The number of hydrogen-bond donors (Lipinski definition) is 1. The third-order valence-electron chi connectivity index (χ3n) is 8.39. The molecular formula is C29H40FN9OSi. The maximum absolute atomic E-state index is 15.0. The summed E-state index contributed by atoms with van der Waals surface area (Å²) in [6, 6.07) is 5.40. The van der Waals surface area contributed by atoms with E-state index in [0.717, 1.165) is 43.7 Å². The molecule has 1 atom stereocenters. The number of nitrogen functional groups attached to an aromatic ring is 1. The number of nitrogens with two attached hydrogens (primary N) is 1. The summed E-state index contributed by atoms with van der Waals surface area (Å²) in [4.78, 5) is 13.5. The van der Waals surface area contributed by atoms with E-state index in [9.17, 15) is 4.39 Å². The van der Waals surface area contributed by atoms with Crippen molar-refractivity contribution in [2.75, 3.05) is 43.4 Å². The molecule has 1 aliphatic heterocycles. The summed E-state index contributed by atoms with van der Waals surface area (Å²) in [7, 11) is -1.94. The maximum atomic E-state index is 15.0. The fourth-order valence-corrected chi connectivity index (χ4v) is 6.32. The lowest BCUT2D eigenvalue weighted by Crippen LogP contribution is -2.47. The highest BCUT2D eigenvalue weighted by molar-refractivity contribution is 6.74. The Bertz CT molecular complexity index is 1620. The molecule has 3 aromatic heterocycles. The summed E-state index contributed by atoms with van der Waals surface area (Å²) >= 11 is 0. The lowest BCUT2D eigenvalue weighted by molar-refractivity contribution is 0.203. The van der Waals surface area contributed by atoms with Crippen molar-refractivity contribution < 1.29 is 8.82 Å². The van der Waals surface area contributed by atoms with Crippen molar-refractivity contribution in [3.8, 4) is 11.8 Å². The Hall–Kier alpha value is -3.53. The number of nitrogens with zero attached hydrogens (tertiary/aromatic N) is 8. The van der Waals surface area contributed by atoms with Gasteiger partial charge in [0.2, 0.25) is 11.8 Å². The summed E-state index contributed by atoms with van der Waals surface area (Å²) in [6.45, 7) is 19.6. The Morgan fingerprint density at radius 2 is 1.83 bits per heavy atom. The summed E-state index contributed by atoms with van der Waals surface area (Å²) in [5.41, 5.74) is 9.10. The molecule has 0 unspecified atom stereocenters. The van der Waals surface area contributed by atoms with Crippen molar-refractivity contribution in [3.63, 3.8) is 0 Å². The molecular weight excluding hydrogens is 537 g/mol. The van der Waals surface area contributed by atoms with Gasteiger partial charge in [0.05, 0.1) is 29.9 Å². The molecule has 5 rings (SSSR count). The highest BCUT2D eigenvalue weighted by atomic mass is 28.4. The van der Waals surface area contributed by atoms with Gasteiger partial charge in [-0.15, -0.1) is 5.10 Å². The van der Waals surface area contributed by atoms with Crippen LogP contribution in [0.2, 0.25) is 18.1 Å². The standard InChI is InChI=1S/C29H40FN9OSi/c1-8-9-25-33-27-22-19-32-38(26(22)34-28(31)39(27)35-25)17-14-36-12-15-37(16-13-36)24-18-21(10-11-23(24)30)20(2)40-41(6,7)29(3,4)5/h10-11,18-20H,12-17H2,1-7H3,(H2,31,34)/t20-/m0/s1. The summed E-state index contributed by atoms with van der Waals surface area (Å²) < 4.78 is 24.9. The first-order valence-electron chi connectivity index (χ1n) is 14.1. The number of rotatable bonds is 7. The molecule has 0 spiro atoms. The van der Waals surface area contributed by atoms with E-state index in [1.165, 1.54) is 4.52 Å². The van der Waals surface area contributed by atoms with E-state index in [1.807, 2.05) is 16.8 Å². The summed E-state index contributed by atoms with van der Waals surface area (Å²) in [5.74, 6) is 6.12. The largest absolute Gasteiger partial charge is 0.410 e. The molecule has 1 saturated heterocycles. The molecule has 2 N–H and O–H groups in total. The van der Waals surface area contributed by atoms with Gasteiger partial charge in [0, 0.05) is 32.7 Å². The maximum Gasteiger partial charge on any atom is 0.226 e. The molecule has 1 aromatic carbocycles. The third-order valence-corrected chi connectivity index (χ3v) is 12.9.